The Morgan fingerprint density at radius 3 is 2.78 bits per heavy atom. The summed E-state index contributed by atoms with van der Waals surface area (Å²) in [5.41, 5.74) is 2.21. The second kappa shape index (κ2) is 6.70. The van der Waals surface area contributed by atoms with Crippen LogP contribution in [0.2, 0.25) is 0 Å². The number of allylic oxidation sites excluding steroid dienone is 1. The molecule has 0 N–H and O–H groups in total. The molecule has 7 nitrogen and oxygen atoms in total. The number of benzene rings is 1. The fraction of sp³-hybridized carbons (Fsp3) is 0.316. The highest BCUT2D eigenvalue weighted by Gasteiger charge is 2.18. The molecule has 27 heavy (non-hydrogen) atoms. The monoisotopic (exact) mass is 384 g/mol. The van der Waals surface area contributed by atoms with Gasteiger partial charge < -0.3 is 14.0 Å². The summed E-state index contributed by atoms with van der Waals surface area (Å²) in [6, 6.07) is 5.79. The lowest BCUT2D eigenvalue weighted by Crippen LogP contribution is -2.16. The van der Waals surface area contributed by atoms with E-state index in [1.165, 1.54) is 11.3 Å². The Balaban J connectivity index is 1.82. The number of rotatable bonds is 4. The van der Waals surface area contributed by atoms with E-state index in [9.17, 15) is 4.79 Å². The van der Waals surface area contributed by atoms with Crippen molar-refractivity contribution < 1.29 is 14.3 Å². The second-order valence-electron chi connectivity index (χ2n) is 6.58. The van der Waals surface area contributed by atoms with Crippen molar-refractivity contribution in [2.24, 2.45) is 4.99 Å². The first kappa shape index (κ1) is 17.5. The highest BCUT2D eigenvalue weighted by molar-refractivity contribution is 7.16. The summed E-state index contributed by atoms with van der Waals surface area (Å²) in [5, 5.41) is 4.39. The fourth-order valence-corrected chi connectivity index (χ4v) is 4.16. The van der Waals surface area contributed by atoms with Crippen LogP contribution >= 0.6 is 11.3 Å². The van der Waals surface area contributed by atoms with Gasteiger partial charge in [0.25, 0.3) is 5.91 Å². The SMILES string of the molecule is C=CCn1c(=NC(=O)c2cc(C)n(C(C)C)n2)sc2cc3c(cc21)OCO3. The van der Waals surface area contributed by atoms with E-state index < -0.39 is 0 Å². The van der Waals surface area contributed by atoms with Gasteiger partial charge in [-0.2, -0.15) is 10.1 Å². The second-order valence-corrected chi connectivity index (χ2v) is 7.59. The number of hydrogen-bond acceptors (Lipinski definition) is 5. The predicted molar refractivity (Wildman–Crippen MR) is 103 cm³/mol. The van der Waals surface area contributed by atoms with Crippen molar-refractivity contribution in [2.75, 3.05) is 6.79 Å². The molecule has 140 valence electrons. The third-order valence-electron chi connectivity index (χ3n) is 4.32. The zero-order valence-corrected chi connectivity index (χ0v) is 16.2. The van der Waals surface area contributed by atoms with Gasteiger partial charge in [0.05, 0.1) is 10.2 Å². The quantitative estimate of drug-likeness (QED) is 0.646. The minimum absolute atomic E-state index is 0.184. The molecule has 0 saturated heterocycles. The number of hydrogen-bond donors (Lipinski definition) is 0. The van der Waals surface area contributed by atoms with Crippen LogP contribution in [-0.4, -0.2) is 27.0 Å². The van der Waals surface area contributed by atoms with Crippen molar-refractivity contribution in [2.45, 2.75) is 33.4 Å². The topological polar surface area (TPSA) is 70.6 Å². The van der Waals surface area contributed by atoms with Gasteiger partial charge in [-0.05, 0) is 26.8 Å². The number of amides is 1. The maximum absolute atomic E-state index is 12.7. The lowest BCUT2D eigenvalue weighted by atomic mass is 10.3. The van der Waals surface area contributed by atoms with Crippen molar-refractivity contribution in [3.8, 4) is 11.5 Å². The highest BCUT2D eigenvalue weighted by atomic mass is 32.1. The van der Waals surface area contributed by atoms with Crippen molar-refractivity contribution in [1.82, 2.24) is 14.3 Å². The van der Waals surface area contributed by atoms with Crippen molar-refractivity contribution in [1.29, 1.82) is 0 Å². The summed E-state index contributed by atoms with van der Waals surface area (Å²) in [6.07, 6.45) is 1.78. The maximum atomic E-state index is 12.7. The van der Waals surface area contributed by atoms with Gasteiger partial charge in [-0.3, -0.25) is 9.48 Å². The smallest absolute Gasteiger partial charge is 0.300 e. The van der Waals surface area contributed by atoms with Gasteiger partial charge in [-0.25, -0.2) is 0 Å². The van der Waals surface area contributed by atoms with E-state index >= 15 is 0 Å². The number of carbonyl (C=O) groups excluding carboxylic acids is 1. The molecule has 8 heteroatoms. The molecule has 1 aliphatic rings. The largest absolute Gasteiger partial charge is 0.454 e. The maximum Gasteiger partial charge on any atom is 0.300 e. The summed E-state index contributed by atoms with van der Waals surface area (Å²) in [5.74, 6) is 1.04. The molecule has 0 bridgehead atoms. The van der Waals surface area contributed by atoms with Gasteiger partial charge >= 0.3 is 0 Å². The number of carbonyl (C=O) groups is 1. The van der Waals surface area contributed by atoms with Crippen LogP contribution in [-0.2, 0) is 6.54 Å². The first-order chi connectivity index (χ1) is 13.0. The number of ether oxygens (including phenoxy) is 2. The van der Waals surface area contributed by atoms with Crippen LogP contribution in [0.3, 0.4) is 0 Å². The lowest BCUT2D eigenvalue weighted by Gasteiger charge is -2.06. The molecule has 0 spiro atoms. The van der Waals surface area contributed by atoms with Crippen LogP contribution in [0.4, 0.5) is 0 Å². The van der Waals surface area contributed by atoms with E-state index in [1.54, 1.807) is 12.1 Å². The third-order valence-corrected chi connectivity index (χ3v) is 5.36. The average molecular weight is 384 g/mol. The molecule has 4 rings (SSSR count). The van der Waals surface area contributed by atoms with Gasteiger partial charge in [-0.1, -0.05) is 17.4 Å². The zero-order chi connectivity index (χ0) is 19.1. The van der Waals surface area contributed by atoms with E-state index in [0.29, 0.717) is 28.5 Å². The lowest BCUT2D eigenvalue weighted by molar-refractivity contribution is 0.0992. The Hall–Kier alpha value is -2.87. The molecule has 1 aromatic carbocycles. The van der Waals surface area contributed by atoms with E-state index in [4.69, 9.17) is 9.47 Å². The van der Waals surface area contributed by atoms with Crippen LogP contribution in [0, 0.1) is 6.92 Å². The molecule has 1 amide bonds. The van der Waals surface area contributed by atoms with Crippen molar-refractivity contribution >= 4 is 27.5 Å². The van der Waals surface area contributed by atoms with Crippen LogP contribution in [0.15, 0.2) is 35.8 Å². The van der Waals surface area contributed by atoms with Gasteiger partial charge in [0, 0.05) is 30.4 Å². The molecule has 0 atom stereocenters. The summed E-state index contributed by atoms with van der Waals surface area (Å²) in [7, 11) is 0. The van der Waals surface area contributed by atoms with Gasteiger partial charge in [-0.15, -0.1) is 6.58 Å². The van der Waals surface area contributed by atoms with Gasteiger partial charge in [0.1, 0.15) is 0 Å². The van der Waals surface area contributed by atoms with Crippen LogP contribution < -0.4 is 14.3 Å². The zero-order valence-electron chi connectivity index (χ0n) is 15.4. The molecule has 0 aliphatic carbocycles. The Morgan fingerprint density at radius 1 is 1.37 bits per heavy atom. The molecular formula is C19H20N4O3S. The summed E-state index contributed by atoms with van der Waals surface area (Å²) < 4.78 is 15.7. The number of thiazole rings is 1. The van der Waals surface area contributed by atoms with E-state index in [0.717, 1.165) is 15.9 Å². The Kier molecular flexibility index (Phi) is 4.35. The molecule has 0 unspecified atom stereocenters. The Morgan fingerprint density at radius 2 is 2.11 bits per heavy atom. The van der Waals surface area contributed by atoms with Crippen molar-refractivity contribution in [3.05, 3.63) is 47.0 Å². The predicted octanol–water partition coefficient (Wildman–Crippen LogP) is 3.44. The van der Waals surface area contributed by atoms with Gasteiger partial charge in [0.15, 0.2) is 22.0 Å². The van der Waals surface area contributed by atoms with Crippen LogP contribution in [0.25, 0.3) is 10.2 Å². The third kappa shape index (κ3) is 3.06. The van der Waals surface area contributed by atoms with E-state index in [2.05, 4.69) is 16.7 Å². The number of fused-ring (bicyclic) bond motifs is 2. The standard InChI is InChI=1S/C19H20N4O3S/c1-5-6-22-14-8-15-16(26-10-25-15)9-17(14)27-19(22)20-18(24)13-7-12(4)23(21-13)11(2)3/h5,7-9,11H,1,6,10H2,2-4H3. The van der Waals surface area contributed by atoms with Crippen LogP contribution in [0.1, 0.15) is 36.1 Å². The molecular weight excluding hydrogens is 364 g/mol. The first-order valence-electron chi connectivity index (χ1n) is 8.67. The van der Waals surface area contributed by atoms with E-state index in [1.807, 2.05) is 42.2 Å². The average Bonchev–Trinajstić information content (AvgIpc) is 3.31. The molecule has 0 radical (unpaired) electrons. The van der Waals surface area contributed by atoms with Crippen LogP contribution in [0.5, 0.6) is 11.5 Å². The molecule has 3 aromatic rings. The van der Waals surface area contributed by atoms with Crippen molar-refractivity contribution in [3.63, 3.8) is 0 Å². The molecule has 3 heterocycles. The Bertz CT molecular complexity index is 1120. The molecule has 0 saturated carbocycles. The number of nitrogens with zero attached hydrogens (tertiary/aromatic N) is 4. The molecule has 0 fully saturated rings. The number of aryl methyl sites for hydroxylation is 1. The Labute approximate surface area is 160 Å². The number of aromatic nitrogens is 3. The molecule has 1 aliphatic heterocycles. The van der Waals surface area contributed by atoms with E-state index in [-0.39, 0.29) is 18.7 Å². The normalized spacial score (nSPS) is 13.7. The molecule has 2 aromatic heterocycles. The minimum Gasteiger partial charge on any atom is -0.454 e. The summed E-state index contributed by atoms with van der Waals surface area (Å²) in [4.78, 5) is 17.6. The van der Waals surface area contributed by atoms with Gasteiger partial charge in [0.2, 0.25) is 6.79 Å². The first-order valence-corrected chi connectivity index (χ1v) is 9.48. The summed E-state index contributed by atoms with van der Waals surface area (Å²) >= 11 is 1.43. The highest BCUT2D eigenvalue weighted by Crippen LogP contribution is 2.37. The minimum atomic E-state index is -0.359. The fourth-order valence-electron chi connectivity index (χ4n) is 3.11. The summed E-state index contributed by atoms with van der Waals surface area (Å²) in [6.45, 7) is 10.6.